The van der Waals surface area contributed by atoms with Crippen molar-refractivity contribution in [2.45, 2.75) is 43.8 Å². The molecule has 0 radical (unpaired) electrons. The number of nitrogens with one attached hydrogen (secondary N) is 1. The fourth-order valence-electron chi connectivity index (χ4n) is 2.74. The molecule has 190 valence electrons. The standard InChI is InChI=1S/C21H20F6N4O3S/c1-19(2,3)14-10-16-29-15(20(22,23)24)11-17(31(16)30-14)35-9-8-33-18(32)28-12-4-6-13(7-5-12)34-21(25,26)27/h4-7,10-11H,8-9H2,1-3H3,(H,28,32). The highest BCUT2D eigenvalue weighted by Crippen LogP contribution is 2.32. The van der Waals surface area contributed by atoms with Gasteiger partial charge in [-0.15, -0.1) is 24.9 Å². The van der Waals surface area contributed by atoms with Gasteiger partial charge in [-0.3, -0.25) is 5.32 Å². The maximum atomic E-state index is 13.3. The Morgan fingerprint density at radius 2 is 1.69 bits per heavy atom. The molecule has 0 aliphatic heterocycles. The molecule has 0 bridgehead atoms. The second-order valence-corrected chi connectivity index (χ2v) is 9.32. The van der Waals surface area contributed by atoms with Crippen molar-refractivity contribution in [1.82, 2.24) is 14.6 Å². The Bertz CT molecular complexity index is 1190. The van der Waals surface area contributed by atoms with Crippen molar-refractivity contribution >= 4 is 29.2 Å². The predicted molar refractivity (Wildman–Crippen MR) is 116 cm³/mol. The molecule has 3 aromatic rings. The fourth-order valence-corrected chi connectivity index (χ4v) is 3.56. The number of nitrogens with zero attached hydrogens (tertiary/aromatic N) is 3. The molecule has 14 heteroatoms. The number of benzene rings is 1. The number of hydrogen-bond acceptors (Lipinski definition) is 6. The minimum absolute atomic E-state index is 0.0452. The Balaban J connectivity index is 1.61. The van der Waals surface area contributed by atoms with Crippen LogP contribution in [0.15, 0.2) is 41.4 Å². The van der Waals surface area contributed by atoms with Crippen LogP contribution >= 0.6 is 11.8 Å². The van der Waals surface area contributed by atoms with Crippen molar-refractivity contribution in [2.75, 3.05) is 17.7 Å². The van der Waals surface area contributed by atoms with Gasteiger partial charge in [0.05, 0.1) is 5.69 Å². The summed E-state index contributed by atoms with van der Waals surface area (Å²) in [6.07, 6.45) is -10.4. The van der Waals surface area contributed by atoms with Crippen LogP contribution in [0.5, 0.6) is 5.75 Å². The Morgan fingerprint density at radius 3 is 2.26 bits per heavy atom. The van der Waals surface area contributed by atoms with E-state index >= 15 is 0 Å². The zero-order valence-electron chi connectivity index (χ0n) is 18.6. The van der Waals surface area contributed by atoms with Crippen molar-refractivity contribution in [3.63, 3.8) is 0 Å². The van der Waals surface area contributed by atoms with Crippen molar-refractivity contribution < 1.29 is 40.6 Å². The first-order valence-electron chi connectivity index (χ1n) is 10.0. The Hall–Kier alpha value is -3.16. The van der Waals surface area contributed by atoms with Gasteiger partial charge in [0.15, 0.2) is 5.65 Å². The van der Waals surface area contributed by atoms with E-state index in [1.165, 1.54) is 22.7 Å². The average molecular weight is 522 g/mol. The molecule has 7 nitrogen and oxygen atoms in total. The van der Waals surface area contributed by atoms with Gasteiger partial charge < -0.3 is 9.47 Å². The minimum Gasteiger partial charge on any atom is -0.448 e. The van der Waals surface area contributed by atoms with Crippen LogP contribution in [0.3, 0.4) is 0 Å². The molecule has 2 aromatic heterocycles. The molecule has 35 heavy (non-hydrogen) atoms. The molecule has 0 spiro atoms. The topological polar surface area (TPSA) is 77.8 Å². The molecule has 0 aliphatic carbocycles. The highest BCUT2D eigenvalue weighted by atomic mass is 32.2. The second-order valence-electron chi connectivity index (χ2n) is 8.21. The second kappa shape index (κ2) is 9.84. The number of rotatable bonds is 6. The van der Waals surface area contributed by atoms with Gasteiger partial charge in [-0.2, -0.15) is 18.3 Å². The molecule has 1 N–H and O–H groups in total. The monoisotopic (exact) mass is 522 g/mol. The molecule has 3 rings (SSSR count). The van der Waals surface area contributed by atoms with E-state index in [0.29, 0.717) is 5.69 Å². The number of amides is 1. The normalized spacial score (nSPS) is 12.6. The first-order valence-corrected chi connectivity index (χ1v) is 11.0. The molecule has 0 aliphatic rings. The lowest BCUT2D eigenvalue weighted by atomic mass is 9.93. The van der Waals surface area contributed by atoms with Crippen LogP contribution in [0.1, 0.15) is 32.2 Å². The molecule has 1 amide bonds. The third-order valence-electron chi connectivity index (χ3n) is 4.35. The van der Waals surface area contributed by atoms with Gasteiger partial charge in [0, 0.05) is 29.0 Å². The van der Waals surface area contributed by atoms with Crippen molar-refractivity contribution in [2.24, 2.45) is 0 Å². The number of carbonyl (C=O) groups is 1. The van der Waals surface area contributed by atoms with Crippen LogP contribution in [0.25, 0.3) is 5.65 Å². The summed E-state index contributed by atoms with van der Waals surface area (Å²) < 4.78 is 86.5. The summed E-state index contributed by atoms with van der Waals surface area (Å²) in [6, 6.07) is 6.78. The third-order valence-corrected chi connectivity index (χ3v) is 5.31. The minimum atomic E-state index is -4.84. The van der Waals surface area contributed by atoms with E-state index in [2.05, 4.69) is 20.1 Å². The van der Waals surface area contributed by atoms with Crippen LogP contribution in [0.2, 0.25) is 0 Å². The number of anilines is 1. The van der Waals surface area contributed by atoms with E-state index in [4.69, 9.17) is 4.74 Å². The molecule has 0 unspecified atom stereocenters. The summed E-state index contributed by atoms with van der Waals surface area (Å²) in [5, 5.41) is 6.87. The first-order chi connectivity index (χ1) is 16.1. The summed E-state index contributed by atoms with van der Waals surface area (Å²) in [4.78, 5) is 15.6. The average Bonchev–Trinajstić information content (AvgIpc) is 3.16. The van der Waals surface area contributed by atoms with E-state index in [1.807, 2.05) is 20.8 Å². The van der Waals surface area contributed by atoms with E-state index in [1.54, 1.807) is 0 Å². The molecule has 0 saturated heterocycles. The van der Waals surface area contributed by atoms with Crippen LogP contribution in [-0.4, -0.2) is 39.4 Å². The lowest BCUT2D eigenvalue weighted by Gasteiger charge is -2.13. The van der Waals surface area contributed by atoms with Gasteiger partial charge in [-0.1, -0.05) is 20.8 Å². The molecule has 0 saturated carbocycles. The van der Waals surface area contributed by atoms with Crippen molar-refractivity contribution in [3.05, 3.63) is 47.8 Å². The van der Waals surface area contributed by atoms with Crippen LogP contribution in [0.4, 0.5) is 36.8 Å². The van der Waals surface area contributed by atoms with E-state index in [-0.39, 0.29) is 28.7 Å². The molecular weight excluding hydrogens is 502 g/mol. The smallest absolute Gasteiger partial charge is 0.448 e. The maximum Gasteiger partial charge on any atom is 0.573 e. The maximum absolute atomic E-state index is 13.3. The van der Waals surface area contributed by atoms with Gasteiger partial charge in [0.25, 0.3) is 0 Å². The number of halogens is 6. The van der Waals surface area contributed by atoms with Gasteiger partial charge in [-0.25, -0.2) is 14.3 Å². The zero-order chi connectivity index (χ0) is 26.0. The quantitative estimate of drug-likeness (QED) is 0.178. The molecule has 1 aromatic carbocycles. The Labute approximate surface area is 199 Å². The van der Waals surface area contributed by atoms with Crippen LogP contribution < -0.4 is 10.1 Å². The zero-order valence-corrected chi connectivity index (χ0v) is 19.4. The van der Waals surface area contributed by atoms with Crippen molar-refractivity contribution in [3.8, 4) is 5.75 Å². The number of ether oxygens (including phenoxy) is 2. The molecule has 2 heterocycles. The van der Waals surface area contributed by atoms with Crippen LogP contribution in [0, 0.1) is 0 Å². The number of aromatic nitrogens is 3. The number of fused-ring (bicyclic) bond motifs is 1. The number of thioether (sulfide) groups is 1. The largest absolute Gasteiger partial charge is 0.573 e. The van der Waals surface area contributed by atoms with E-state index in [9.17, 15) is 31.1 Å². The van der Waals surface area contributed by atoms with E-state index in [0.717, 1.165) is 30.0 Å². The Kier molecular flexibility index (Phi) is 7.43. The predicted octanol–water partition coefficient (Wildman–Crippen LogP) is 6.29. The van der Waals surface area contributed by atoms with Gasteiger partial charge in [0.2, 0.25) is 0 Å². The van der Waals surface area contributed by atoms with Gasteiger partial charge in [-0.05, 0) is 24.3 Å². The summed E-state index contributed by atoms with van der Waals surface area (Å²) in [6.45, 7) is 5.45. The lowest BCUT2D eigenvalue weighted by molar-refractivity contribution is -0.274. The Morgan fingerprint density at radius 1 is 1.03 bits per heavy atom. The summed E-state index contributed by atoms with van der Waals surface area (Å²) in [5.74, 6) is -0.352. The highest BCUT2D eigenvalue weighted by Gasteiger charge is 2.34. The number of alkyl halides is 6. The molecule has 0 fully saturated rings. The summed E-state index contributed by atoms with van der Waals surface area (Å²) in [5.41, 5.74) is -0.706. The number of carbonyl (C=O) groups excluding carboxylic acids is 1. The fraction of sp³-hybridized carbons (Fsp3) is 0.381. The summed E-state index contributed by atoms with van der Waals surface area (Å²) in [7, 11) is 0. The molecule has 0 atom stereocenters. The lowest BCUT2D eigenvalue weighted by Crippen LogP contribution is -2.17. The number of hydrogen-bond donors (Lipinski definition) is 1. The first kappa shape index (κ1) is 26.4. The van der Waals surface area contributed by atoms with Crippen LogP contribution in [-0.2, 0) is 16.3 Å². The van der Waals surface area contributed by atoms with Crippen molar-refractivity contribution in [1.29, 1.82) is 0 Å². The highest BCUT2D eigenvalue weighted by molar-refractivity contribution is 7.99. The van der Waals surface area contributed by atoms with E-state index < -0.39 is 35.5 Å². The SMILES string of the molecule is CC(C)(C)c1cc2nc(C(F)(F)F)cc(SCCOC(=O)Nc3ccc(OC(F)(F)F)cc3)n2n1. The summed E-state index contributed by atoms with van der Waals surface area (Å²) >= 11 is 0.992. The molecular formula is C21H20F6N4O3S. The van der Waals surface area contributed by atoms with Gasteiger partial charge in [0.1, 0.15) is 23.1 Å². The third kappa shape index (κ3) is 7.41. The van der Waals surface area contributed by atoms with Gasteiger partial charge >= 0.3 is 18.6 Å².